The number of rotatable bonds is 3. The summed E-state index contributed by atoms with van der Waals surface area (Å²) in [6.07, 6.45) is 1.04. The van der Waals surface area contributed by atoms with Gasteiger partial charge in [0.1, 0.15) is 0 Å². The van der Waals surface area contributed by atoms with Gasteiger partial charge in [0.2, 0.25) is 0 Å². The van der Waals surface area contributed by atoms with E-state index in [9.17, 15) is 0 Å². The summed E-state index contributed by atoms with van der Waals surface area (Å²) in [5.41, 5.74) is 1.37. The average molecular weight is 317 g/mol. The van der Waals surface area contributed by atoms with Gasteiger partial charge in [-0.05, 0) is 29.5 Å². The highest BCUT2D eigenvalue weighted by molar-refractivity contribution is 9.09. The molecule has 1 unspecified atom stereocenters. The summed E-state index contributed by atoms with van der Waals surface area (Å²) in [7, 11) is 0. The van der Waals surface area contributed by atoms with Gasteiger partial charge in [0, 0.05) is 9.58 Å². The summed E-state index contributed by atoms with van der Waals surface area (Å²) in [4.78, 5) is 1.80. The molecule has 0 nitrogen and oxygen atoms in total. The normalized spacial score (nSPS) is 12.7. The summed E-state index contributed by atoms with van der Waals surface area (Å²) < 4.78 is 1.37. The minimum Gasteiger partial charge on any atom is -0.139 e. The molecule has 1 atom stereocenters. The van der Waals surface area contributed by atoms with Gasteiger partial charge in [-0.15, -0.1) is 11.3 Å². The number of benzene rings is 2. The van der Waals surface area contributed by atoms with Crippen molar-refractivity contribution in [1.29, 1.82) is 0 Å². The van der Waals surface area contributed by atoms with Crippen molar-refractivity contribution in [2.45, 2.75) is 11.2 Å². The van der Waals surface area contributed by atoms with Gasteiger partial charge < -0.3 is 0 Å². The van der Waals surface area contributed by atoms with E-state index in [4.69, 9.17) is 0 Å². The predicted octanol–water partition coefficient (Wildman–Crippen LogP) is 5.58. The van der Waals surface area contributed by atoms with Crippen LogP contribution < -0.4 is 0 Å². The first-order valence-electron chi connectivity index (χ1n) is 5.99. The Morgan fingerprint density at radius 1 is 0.944 bits per heavy atom. The van der Waals surface area contributed by atoms with E-state index in [2.05, 4.69) is 76.6 Å². The van der Waals surface area contributed by atoms with Gasteiger partial charge in [0.05, 0.1) is 4.83 Å². The number of halogens is 1. The van der Waals surface area contributed by atoms with Gasteiger partial charge in [0.15, 0.2) is 0 Å². The van der Waals surface area contributed by atoms with Gasteiger partial charge in [0.25, 0.3) is 0 Å². The Bertz CT molecular complexity index is 609. The first-order chi connectivity index (χ1) is 8.83. The second-order valence-electron chi connectivity index (χ2n) is 4.34. The van der Waals surface area contributed by atoms with E-state index in [0.29, 0.717) is 4.83 Å². The van der Waals surface area contributed by atoms with Crippen molar-refractivity contribution in [3.8, 4) is 0 Å². The van der Waals surface area contributed by atoms with Gasteiger partial charge in [-0.2, -0.15) is 0 Å². The standard InChI is InChI=1S/C16H13BrS/c17-14(10-12-6-2-1-3-7-12)16-11-13-8-4-5-9-15(13)18-16/h1-9,11,14H,10H2. The van der Waals surface area contributed by atoms with Crippen molar-refractivity contribution in [2.75, 3.05) is 0 Å². The largest absolute Gasteiger partial charge is 0.139 e. The molecular formula is C16H13BrS. The topological polar surface area (TPSA) is 0 Å². The summed E-state index contributed by atoms with van der Waals surface area (Å²) in [6.45, 7) is 0. The molecule has 1 aromatic heterocycles. The highest BCUT2D eigenvalue weighted by atomic mass is 79.9. The molecule has 0 amide bonds. The Morgan fingerprint density at radius 3 is 2.44 bits per heavy atom. The highest BCUT2D eigenvalue weighted by Gasteiger charge is 2.11. The second-order valence-corrected chi connectivity index (χ2v) is 6.56. The summed E-state index contributed by atoms with van der Waals surface area (Å²) in [5.74, 6) is 0. The molecule has 0 aliphatic rings. The van der Waals surface area contributed by atoms with E-state index in [1.165, 1.54) is 20.5 Å². The minimum absolute atomic E-state index is 0.400. The molecule has 1 heterocycles. The molecule has 0 radical (unpaired) electrons. The molecule has 0 N–H and O–H groups in total. The van der Waals surface area contributed by atoms with Crippen molar-refractivity contribution in [2.24, 2.45) is 0 Å². The van der Waals surface area contributed by atoms with Crippen LogP contribution in [0.3, 0.4) is 0 Å². The second kappa shape index (κ2) is 5.25. The number of hydrogen-bond acceptors (Lipinski definition) is 1. The average Bonchev–Trinajstić information content (AvgIpc) is 2.84. The van der Waals surface area contributed by atoms with Gasteiger partial charge in [-0.25, -0.2) is 0 Å². The maximum Gasteiger partial charge on any atom is 0.0529 e. The molecule has 90 valence electrons. The van der Waals surface area contributed by atoms with E-state index in [1.807, 2.05) is 11.3 Å². The van der Waals surface area contributed by atoms with E-state index < -0.39 is 0 Å². The third-order valence-corrected chi connectivity index (χ3v) is 5.36. The maximum absolute atomic E-state index is 3.81. The van der Waals surface area contributed by atoms with Crippen molar-refractivity contribution in [3.05, 3.63) is 71.1 Å². The molecule has 0 saturated heterocycles. The fourth-order valence-electron chi connectivity index (χ4n) is 2.08. The van der Waals surface area contributed by atoms with Gasteiger partial charge in [-0.1, -0.05) is 64.5 Å². The smallest absolute Gasteiger partial charge is 0.0529 e. The van der Waals surface area contributed by atoms with Crippen molar-refractivity contribution in [3.63, 3.8) is 0 Å². The zero-order chi connectivity index (χ0) is 12.4. The molecule has 3 aromatic rings. The van der Waals surface area contributed by atoms with E-state index in [1.54, 1.807) is 0 Å². The molecule has 2 aromatic carbocycles. The lowest BCUT2D eigenvalue weighted by Gasteiger charge is -2.07. The molecule has 0 aliphatic carbocycles. The van der Waals surface area contributed by atoms with Crippen LogP contribution in [0.25, 0.3) is 10.1 Å². The SMILES string of the molecule is BrC(Cc1ccccc1)c1cc2ccccc2s1. The summed E-state index contributed by atoms with van der Waals surface area (Å²) in [5, 5.41) is 1.34. The first-order valence-corrected chi connectivity index (χ1v) is 7.72. The van der Waals surface area contributed by atoms with Crippen LogP contribution in [-0.2, 0) is 6.42 Å². The van der Waals surface area contributed by atoms with Crippen molar-refractivity contribution >= 4 is 37.4 Å². The zero-order valence-electron chi connectivity index (χ0n) is 9.84. The summed E-state index contributed by atoms with van der Waals surface area (Å²) >= 11 is 5.69. The fourth-order valence-corrected chi connectivity index (χ4v) is 3.91. The number of fused-ring (bicyclic) bond motifs is 1. The molecule has 0 aliphatic heterocycles. The van der Waals surface area contributed by atoms with Gasteiger partial charge in [-0.3, -0.25) is 0 Å². The monoisotopic (exact) mass is 316 g/mol. The Morgan fingerprint density at radius 2 is 1.67 bits per heavy atom. The fraction of sp³-hybridized carbons (Fsp3) is 0.125. The molecular weight excluding hydrogens is 304 g/mol. The molecule has 3 rings (SSSR count). The van der Waals surface area contributed by atoms with Crippen molar-refractivity contribution in [1.82, 2.24) is 0 Å². The molecule has 0 spiro atoms. The Kier molecular flexibility index (Phi) is 3.48. The predicted molar refractivity (Wildman–Crippen MR) is 83.6 cm³/mol. The van der Waals surface area contributed by atoms with Crippen LogP contribution in [0, 0.1) is 0 Å². The van der Waals surface area contributed by atoms with Crippen LogP contribution >= 0.6 is 27.3 Å². The van der Waals surface area contributed by atoms with Crippen LogP contribution in [0.15, 0.2) is 60.7 Å². The number of alkyl halides is 1. The van der Waals surface area contributed by atoms with E-state index in [0.717, 1.165) is 6.42 Å². The molecule has 2 heteroatoms. The summed E-state index contributed by atoms with van der Waals surface area (Å²) in [6, 6.07) is 21.5. The Labute approximate surface area is 119 Å². The Hall–Kier alpha value is -1.12. The van der Waals surface area contributed by atoms with Gasteiger partial charge >= 0.3 is 0 Å². The molecule has 0 fully saturated rings. The lowest BCUT2D eigenvalue weighted by atomic mass is 10.1. The molecule has 0 bridgehead atoms. The maximum atomic E-state index is 3.81. The quantitative estimate of drug-likeness (QED) is 0.553. The molecule has 18 heavy (non-hydrogen) atoms. The van der Waals surface area contributed by atoms with Crippen LogP contribution in [0.2, 0.25) is 0 Å². The van der Waals surface area contributed by atoms with Crippen LogP contribution in [0.1, 0.15) is 15.3 Å². The van der Waals surface area contributed by atoms with E-state index >= 15 is 0 Å². The minimum atomic E-state index is 0.400. The number of hydrogen-bond donors (Lipinski definition) is 0. The lowest BCUT2D eigenvalue weighted by Crippen LogP contribution is -1.91. The van der Waals surface area contributed by atoms with Crippen LogP contribution in [0.4, 0.5) is 0 Å². The zero-order valence-corrected chi connectivity index (χ0v) is 12.2. The van der Waals surface area contributed by atoms with Crippen LogP contribution in [-0.4, -0.2) is 0 Å². The Balaban J connectivity index is 1.86. The third kappa shape index (κ3) is 2.50. The van der Waals surface area contributed by atoms with Crippen LogP contribution in [0.5, 0.6) is 0 Å². The first kappa shape index (κ1) is 11.9. The highest BCUT2D eigenvalue weighted by Crippen LogP contribution is 2.35. The van der Waals surface area contributed by atoms with E-state index in [-0.39, 0.29) is 0 Å². The lowest BCUT2D eigenvalue weighted by molar-refractivity contribution is 0.970. The number of thiophene rings is 1. The molecule has 0 saturated carbocycles. The third-order valence-electron chi connectivity index (χ3n) is 3.01. The van der Waals surface area contributed by atoms with Crippen molar-refractivity contribution < 1.29 is 0 Å².